The summed E-state index contributed by atoms with van der Waals surface area (Å²) in [5.41, 5.74) is 2.14. The number of carbonyl (C=O) groups is 2. The first-order valence-electron chi connectivity index (χ1n) is 15.2. The number of aliphatic carboxylic acids is 1. The van der Waals surface area contributed by atoms with Gasteiger partial charge in [0.1, 0.15) is 5.75 Å². The van der Waals surface area contributed by atoms with Crippen molar-refractivity contribution in [3.05, 3.63) is 90.0 Å². The van der Waals surface area contributed by atoms with Crippen LogP contribution in [0, 0.1) is 0 Å². The number of hydrogen-bond acceptors (Lipinski definition) is 12. The minimum atomic E-state index is -1.82. The molecule has 5 aromatic rings. The maximum absolute atomic E-state index is 13.1. The van der Waals surface area contributed by atoms with Crippen LogP contribution < -0.4 is 5.32 Å². The van der Waals surface area contributed by atoms with Gasteiger partial charge in [0, 0.05) is 23.9 Å². The van der Waals surface area contributed by atoms with Gasteiger partial charge in [0.2, 0.25) is 6.10 Å². The smallest absolute Gasteiger partial charge is 0.345 e. The van der Waals surface area contributed by atoms with E-state index in [9.17, 15) is 55.5 Å². The van der Waals surface area contributed by atoms with Crippen LogP contribution in [0.25, 0.3) is 39.1 Å². The quantitative estimate of drug-likeness (QED) is 0.0489. The molecule has 10 N–H and O–H groups in total. The van der Waals surface area contributed by atoms with Crippen LogP contribution in [-0.2, 0) is 14.3 Å². The zero-order chi connectivity index (χ0) is 36.3. The fourth-order valence-corrected chi connectivity index (χ4v) is 5.62. The van der Waals surface area contributed by atoms with Crippen LogP contribution in [0.2, 0.25) is 0 Å². The molecular weight excluding hydrogens is 650 g/mol. The molecule has 5 aromatic carbocycles. The third-order valence-electron chi connectivity index (χ3n) is 8.09. The number of esters is 1. The lowest BCUT2D eigenvalue weighted by molar-refractivity contribution is -0.162. The van der Waals surface area contributed by atoms with Crippen LogP contribution in [0.4, 0.5) is 0 Å². The van der Waals surface area contributed by atoms with E-state index in [1.54, 1.807) is 31.2 Å². The highest BCUT2D eigenvalue weighted by molar-refractivity contribution is 6.02. The van der Waals surface area contributed by atoms with Gasteiger partial charge in [-0.05, 0) is 106 Å². The van der Waals surface area contributed by atoms with Crippen molar-refractivity contribution >= 4 is 28.8 Å². The average molecular weight is 684 g/mol. The van der Waals surface area contributed by atoms with E-state index in [1.807, 2.05) is 0 Å². The third-order valence-corrected chi connectivity index (χ3v) is 8.09. The summed E-state index contributed by atoms with van der Waals surface area (Å²) in [5, 5.41) is 95.2. The maximum Gasteiger partial charge on any atom is 0.345 e. The molecule has 2 atom stereocenters. The van der Waals surface area contributed by atoms with Crippen molar-refractivity contribution in [1.82, 2.24) is 5.32 Å². The highest BCUT2D eigenvalue weighted by atomic mass is 16.6. The lowest BCUT2D eigenvalue weighted by Gasteiger charge is -2.24. The van der Waals surface area contributed by atoms with Crippen LogP contribution in [0.15, 0.2) is 78.9 Å². The van der Waals surface area contributed by atoms with Gasteiger partial charge in [-0.3, -0.25) is 0 Å². The average Bonchev–Trinajstić information content (AvgIpc) is 3.08. The predicted octanol–water partition coefficient (Wildman–Crippen LogP) is 5.22. The van der Waals surface area contributed by atoms with Gasteiger partial charge < -0.3 is 56.0 Å². The third kappa shape index (κ3) is 7.12. The number of likely N-dealkylation sites (N-methyl/N-ethyl adjacent to an activating group) is 1. The topological polar surface area (TPSA) is 237 Å². The molecule has 0 aliphatic rings. The minimum absolute atomic E-state index is 0.0309. The standard InChI is InChI=1S/C37H33NO12/c1-2-38-17-27(21-13-31(43)35(47)32(44)14-21)36(37(48)49)50-33(45)9-7-20-12-30(42)34(46)23-8-6-19(11-24(20)23)26-16-29(41)28(40)15-25(26)18-4-3-5-22(39)10-18/h3-16,27,36,38-44,46-47H,2,17H2,1H3,(H,48,49). The van der Waals surface area contributed by atoms with Crippen LogP contribution in [0.1, 0.15) is 24.0 Å². The Balaban J connectivity index is 1.54. The predicted molar refractivity (Wildman–Crippen MR) is 182 cm³/mol. The molecule has 0 heterocycles. The first-order chi connectivity index (χ1) is 23.8. The van der Waals surface area contributed by atoms with Gasteiger partial charge in [-0.1, -0.05) is 25.1 Å². The second kappa shape index (κ2) is 14.3. The SMILES string of the molecule is CCNCC(c1cc(O)c(O)c(O)c1)C(OC(=O)C=Cc1cc(O)c(O)c2ccc(-c3cc(O)c(O)cc3-c3cccc(O)c3)cc12)C(=O)O. The van der Waals surface area contributed by atoms with E-state index >= 15 is 0 Å². The molecule has 0 amide bonds. The molecule has 13 heteroatoms. The fraction of sp³-hybridized carbons (Fsp3) is 0.135. The summed E-state index contributed by atoms with van der Waals surface area (Å²) < 4.78 is 5.34. The largest absolute Gasteiger partial charge is 0.508 e. The summed E-state index contributed by atoms with van der Waals surface area (Å²) in [6, 6.07) is 16.9. The second-order valence-corrected chi connectivity index (χ2v) is 11.4. The molecule has 0 saturated carbocycles. The Morgan fingerprint density at radius 3 is 1.94 bits per heavy atom. The number of phenols is 8. The fourth-order valence-electron chi connectivity index (χ4n) is 5.62. The summed E-state index contributed by atoms with van der Waals surface area (Å²) >= 11 is 0. The number of rotatable bonds is 11. The van der Waals surface area contributed by atoms with Gasteiger partial charge in [0.25, 0.3) is 0 Å². The number of phenolic OH excluding ortho intramolecular Hbond substituents is 8. The molecule has 2 unspecified atom stereocenters. The summed E-state index contributed by atoms with van der Waals surface area (Å²) in [6.07, 6.45) is 0.354. The number of carbonyl (C=O) groups excluding carboxylic acids is 1. The van der Waals surface area contributed by atoms with Crippen LogP contribution in [-0.4, -0.2) is 77.1 Å². The van der Waals surface area contributed by atoms with Crippen LogP contribution in [0.3, 0.4) is 0 Å². The molecule has 5 rings (SSSR count). The lowest BCUT2D eigenvalue weighted by Crippen LogP contribution is -2.38. The second-order valence-electron chi connectivity index (χ2n) is 11.4. The van der Waals surface area contributed by atoms with E-state index in [1.165, 1.54) is 42.5 Å². The normalized spacial score (nSPS) is 12.6. The summed E-state index contributed by atoms with van der Waals surface area (Å²) in [5.74, 6) is -7.76. The lowest BCUT2D eigenvalue weighted by atomic mass is 9.91. The van der Waals surface area contributed by atoms with Crippen molar-refractivity contribution < 1.29 is 60.3 Å². The van der Waals surface area contributed by atoms with Gasteiger partial charge in [0.15, 0.2) is 40.2 Å². The molecule has 0 saturated heterocycles. The first kappa shape index (κ1) is 34.7. The van der Waals surface area contributed by atoms with Crippen molar-refractivity contribution in [1.29, 1.82) is 0 Å². The Bertz CT molecular complexity index is 2120. The van der Waals surface area contributed by atoms with E-state index in [2.05, 4.69) is 5.32 Å². The molecule has 0 aliphatic carbocycles. The number of ether oxygens (including phenoxy) is 1. The number of carboxylic acid groups (broad SMARTS) is 1. The monoisotopic (exact) mass is 683 g/mol. The molecule has 50 heavy (non-hydrogen) atoms. The Morgan fingerprint density at radius 2 is 1.34 bits per heavy atom. The first-order valence-corrected chi connectivity index (χ1v) is 15.2. The summed E-state index contributed by atoms with van der Waals surface area (Å²) in [7, 11) is 0. The van der Waals surface area contributed by atoms with Crippen molar-refractivity contribution in [2.24, 2.45) is 0 Å². The van der Waals surface area contributed by atoms with E-state index in [-0.39, 0.29) is 28.8 Å². The molecule has 13 nitrogen and oxygen atoms in total. The van der Waals surface area contributed by atoms with Gasteiger partial charge in [0.05, 0.1) is 0 Å². The molecule has 258 valence electrons. The maximum atomic E-state index is 13.1. The van der Waals surface area contributed by atoms with Gasteiger partial charge in [-0.2, -0.15) is 0 Å². The van der Waals surface area contributed by atoms with Crippen molar-refractivity contribution in [3.8, 4) is 68.2 Å². The molecule has 0 fully saturated rings. The number of nitrogens with one attached hydrogen (secondary N) is 1. The number of benzene rings is 5. The van der Waals surface area contributed by atoms with Crippen LogP contribution >= 0.6 is 0 Å². The zero-order valence-electron chi connectivity index (χ0n) is 26.4. The van der Waals surface area contributed by atoms with Crippen LogP contribution in [0.5, 0.6) is 46.0 Å². The van der Waals surface area contributed by atoms with Gasteiger partial charge in [-0.25, -0.2) is 9.59 Å². The number of aromatic hydroxyl groups is 8. The van der Waals surface area contributed by atoms with Crippen molar-refractivity contribution in [2.45, 2.75) is 18.9 Å². The molecule has 0 radical (unpaired) electrons. The van der Waals surface area contributed by atoms with E-state index in [0.29, 0.717) is 34.2 Å². The van der Waals surface area contributed by atoms with Crippen molar-refractivity contribution in [3.63, 3.8) is 0 Å². The Labute approximate surface area is 284 Å². The number of carboxylic acids is 1. The van der Waals surface area contributed by atoms with Crippen molar-refractivity contribution in [2.75, 3.05) is 13.1 Å². The van der Waals surface area contributed by atoms with Gasteiger partial charge >= 0.3 is 11.9 Å². The number of hydrogen-bond donors (Lipinski definition) is 10. The minimum Gasteiger partial charge on any atom is -0.508 e. The van der Waals surface area contributed by atoms with E-state index in [4.69, 9.17) is 4.74 Å². The summed E-state index contributed by atoms with van der Waals surface area (Å²) in [4.78, 5) is 25.4. The number of fused-ring (bicyclic) bond motifs is 1. The molecular formula is C37H33NO12. The van der Waals surface area contributed by atoms with E-state index < -0.39 is 64.2 Å². The summed E-state index contributed by atoms with van der Waals surface area (Å²) in [6.45, 7) is 2.11. The zero-order valence-corrected chi connectivity index (χ0v) is 26.4. The molecule has 0 spiro atoms. The molecule has 0 bridgehead atoms. The van der Waals surface area contributed by atoms with E-state index in [0.717, 1.165) is 18.2 Å². The Hall–Kier alpha value is -6.60. The van der Waals surface area contributed by atoms with Gasteiger partial charge in [-0.15, -0.1) is 0 Å². The molecule has 0 aliphatic heterocycles. The highest BCUT2D eigenvalue weighted by Gasteiger charge is 2.33. The highest BCUT2D eigenvalue weighted by Crippen LogP contribution is 2.44. The Kier molecular flexibility index (Phi) is 9.90. The molecule has 0 aromatic heterocycles. The Morgan fingerprint density at radius 1 is 0.720 bits per heavy atom.